The lowest BCUT2D eigenvalue weighted by Crippen LogP contribution is -2.43. The van der Waals surface area contributed by atoms with Crippen LogP contribution in [0.1, 0.15) is 26.2 Å². The van der Waals surface area contributed by atoms with E-state index < -0.39 is 0 Å². The molecule has 3 N–H and O–H groups in total. The Morgan fingerprint density at radius 3 is 3.18 bits per heavy atom. The summed E-state index contributed by atoms with van der Waals surface area (Å²) in [6, 6.07) is 1.46. The van der Waals surface area contributed by atoms with Crippen LogP contribution in [0, 0.1) is 0 Å². The Labute approximate surface area is 67.1 Å². The number of amidine groups is 1. The minimum absolute atomic E-state index is 0.393. The van der Waals surface area contributed by atoms with Gasteiger partial charge < -0.3 is 11.1 Å². The van der Waals surface area contributed by atoms with E-state index in [-0.39, 0.29) is 0 Å². The van der Waals surface area contributed by atoms with Crippen LogP contribution in [-0.4, -0.2) is 24.0 Å². The second-order valence-electron chi connectivity index (χ2n) is 3.61. The van der Waals surface area contributed by atoms with Crippen molar-refractivity contribution in [1.82, 2.24) is 5.32 Å². The first kappa shape index (κ1) is 7.10. The molecule has 11 heavy (non-hydrogen) atoms. The lowest BCUT2D eigenvalue weighted by Gasteiger charge is -2.28. The van der Waals surface area contributed by atoms with Crippen LogP contribution < -0.4 is 11.1 Å². The minimum Gasteiger partial charge on any atom is -0.369 e. The zero-order chi connectivity index (χ0) is 7.84. The Morgan fingerprint density at radius 1 is 1.55 bits per heavy atom. The van der Waals surface area contributed by atoms with Crippen molar-refractivity contribution in [2.75, 3.05) is 0 Å². The molecule has 3 atom stereocenters. The topological polar surface area (TPSA) is 50.4 Å². The summed E-state index contributed by atoms with van der Waals surface area (Å²) >= 11 is 0. The van der Waals surface area contributed by atoms with Gasteiger partial charge in [0.25, 0.3) is 0 Å². The van der Waals surface area contributed by atoms with E-state index in [1.54, 1.807) is 0 Å². The Balaban J connectivity index is 2.03. The highest BCUT2D eigenvalue weighted by Crippen LogP contribution is 2.23. The molecular formula is C8H15N3. The highest BCUT2D eigenvalue weighted by atomic mass is 15.1. The summed E-state index contributed by atoms with van der Waals surface area (Å²) in [6.07, 6.45) is 3.39. The van der Waals surface area contributed by atoms with Crippen molar-refractivity contribution in [2.24, 2.45) is 10.7 Å². The first-order chi connectivity index (χ1) is 5.25. The predicted octanol–water partition coefficient (Wildman–Crippen LogP) is 0.256. The standard InChI is InChI=1S/C8H15N3/c1-5-10-7-3-2-6(9)4-8(7)11-5/h6-8H,2-4,9H2,1H3,(H,10,11). The van der Waals surface area contributed by atoms with E-state index in [2.05, 4.69) is 10.3 Å². The van der Waals surface area contributed by atoms with Crippen molar-refractivity contribution in [3.05, 3.63) is 0 Å². The van der Waals surface area contributed by atoms with Crippen molar-refractivity contribution < 1.29 is 0 Å². The van der Waals surface area contributed by atoms with Gasteiger partial charge in [-0.25, -0.2) is 0 Å². The van der Waals surface area contributed by atoms with E-state index >= 15 is 0 Å². The van der Waals surface area contributed by atoms with E-state index in [1.807, 2.05) is 6.92 Å². The first-order valence-electron chi connectivity index (χ1n) is 4.32. The van der Waals surface area contributed by atoms with Gasteiger partial charge in [0, 0.05) is 6.04 Å². The largest absolute Gasteiger partial charge is 0.369 e. The molecule has 0 aromatic rings. The van der Waals surface area contributed by atoms with E-state index in [0.29, 0.717) is 18.1 Å². The normalized spacial score (nSPS) is 42.7. The molecule has 1 aliphatic heterocycles. The van der Waals surface area contributed by atoms with Gasteiger partial charge in [-0.15, -0.1) is 0 Å². The Morgan fingerprint density at radius 2 is 2.36 bits per heavy atom. The summed E-state index contributed by atoms with van der Waals surface area (Å²) in [7, 11) is 0. The molecule has 3 nitrogen and oxygen atoms in total. The number of hydrogen-bond donors (Lipinski definition) is 2. The van der Waals surface area contributed by atoms with Crippen molar-refractivity contribution in [3.8, 4) is 0 Å². The smallest absolute Gasteiger partial charge is 0.0938 e. The Hall–Kier alpha value is -0.570. The summed E-state index contributed by atoms with van der Waals surface area (Å²) in [4.78, 5) is 4.49. The molecule has 0 radical (unpaired) electrons. The Bertz CT molecular complexity index is 188. The van der Waals surface area contributed by atoms with Gasteiger partial charge in [-0.05, 0) is 26.2 Å². The summed E-state index contributed by atoms with van der Waals surface area (Å²) in [5.74, 6) is 1.09. The highest BCUT2D eigenvalue weighted by molar-refractivity contribution is 5.81. The molecule has 1 heterocycles. The number of aliphatic imine (C=N–C) groups is 1. The number of nitrogens with two attached hydrogens (primary N) is 1. The number of rotatable bonds is 0. The summed E-state index contributed by atoms with van der Waals surface area (Å²) in [5, 5.41) is 3.36. The molecule has 3 heteroatoms. The van der Waals surface area contributed by atoms with Gasteiger partial charge in [-0.1, -0.05) is 0 Å². The van der Waals surface area contributed by atoms with E-state index in [4.69, 9.17) is 5.73 Å². The molecule has 1 fully saturated rings. The molecule has 1 aliphatic carbocycles. The molecule has 0 aromatic heterocycles. The molecule has 0 bridgehead atoms. The maximum atomic E-state index is 5.85. The third-order valence-electron chi connectivity index (χ3n) is 2.61. The fourth-order valence-electron chi connectivity index (χ4n) is 2.05. The van der Waals surface area contributed by atoms with Crippen LogP contribution in [0.2, 0.25) is 0 Å². The number of nitrogens with one attached hydrogen (secondary N) is 1. The molecule has 2 aliphatic rings. The molecule has 62 valence electrons. The third-order valence-corrected chi connectivity index (χ3v) is 2.61. The van der Waals surface area contributed by atoms with Crippen LogP contribution in [0.25, 0.3) is 0 Å². The monoisotopic (exact) mass is 153 g/mol. The van der Waals surface area contributed by atoms with Crippen LogP contribution in [-0.2, 0) is 0 Å². The minimum atomic E-state index is 0.393. The van der Waals surface area contributed by atoms with Gasteiger partial charge in [0.2, 0.25) is 0 Å². The molecule has 1 saturated carbocycles. The second-order valence-corrected chi connectivity index (χ2v) is 3.61. The van der Waals surface area contributed by atoms with Crippen molar-refractivity contribution >= 4 is 5.84 Å². The molecule has 3 unspecified atom stereocenters. The van der Waals surface area contributed by atoms with Crippen LogP contribution in [0.15, 0.2) is 4.99 Å². The van der Waals surface area contributed by atoms with Crippen LogP contribution >= 0.6 is 0 Å². The third kappa shape index (κ3) is 1.25. The molecular weight excluding hydrogens is 138 g/mol. The Kier molecular flexibility index (Phi) is 1.60. The zero-order valence-corrected chi connectivity index (χ0v) is 6.88. The van der Waals surface area contributed by atoms with Gasteiger partial charge in [0.1, 0.15) is 0 Å². The average molecular weight is 153 g/mol. The van der Waals surface area contributed by atoms with E-state index in [0.717, 1.165) is 25.1 Å². The number of hydrogen-bond acceptors (Lipinski definition) is 3. The lowest BCUT2D eigenvalue weighted by atomic mass is 9.88. The SMILES string of the molecule is CC1=NC2CCC(N)CC2N1. The molecule has 0 amide bonds. The molecule has 0 aromatic carbocycles. The van der Waals surface area contributed by atoms with Gasteiger partial charge in [-0.3, -0.25) is 4.99 Å². The maximum Gasteiger partial charge on any atom is 0.0938 e. The number of fused-ring (bicyclic) bond motifs is 1. The van der Waals surface area contributed by atoms with Gasteiger partial charge in [0.05, 0.1) is 17.9 Å². The van der Waals surface area contributed by atoms with Crippen molar-refractivity contribution in [3.63, 3.8) is 0 Å². The first-order valence-corrected chi connectivity index (χ1v) is 4.32. The molecule has 0 spiro atoms. The highest BCUT2D eigenvalue weighted by Gasteiger charge is 2.32. The fraction of sp³-hybridized carbons (Fsp3) is 0.875. The molecule has 2 rings (SSSR count). The number of nitrogens with zero attached hydrogens (tertiary/aromatic N) is 1. The average Bonchev–Trinajstić information content (AvgIpc) is 2.27. The van der Waals surface area contributed by atoms with Crippen LogP contribution in [0.3, 0.4) is 0 Å². The van der Waals surface area contributed by atoms with E-state index in [9.17, 15) is 0 Å². The quantitative estimate of drug-likeness (QED) is 0.524. The predicted molar refractivity (Wildman–Crippen MR) is 45.6 cm³/mol. The van der Waals surface area contributed by atoms with Crippen LogP contribution in [0.4, 0.5) is 0 Å². The molecule has 0 saturated heterocycles. The van der Waals surface area contributed by atoms with Gasteiger partial charge in [0.15, 0.2) is 0 Å². The summed E-state index contributed by atoms with van der Waals surface area (Å²) in [5.41, 5.74) is 5.85. The lowest BCUT2D eigenvalue weighted by molar-refractivity contribution is 0.347. The van der Waals surface area contributed by atoms with Crippen LogP contribution in [0.5, 0.6) is 0 Å². The van der Waals surface area contributed by atoms with Crippen molar-refractivity contribution in [1.29, 1.82) is 0 Å². The second kappa shape index (κ2) is 2.48. The van der Waals surface area contributed by atoms with Crippen molar-refractivity contribution in [2.45, 2.75) is 44.3 Å². The summed E-state index contributed by atoms with van der Waals surface area (Å²) in [6.45, 7) is 2.03. The fourth-order valence-corrected chi connectivity index (χ4v) is 2.05. The van der Waals surface area contributed by atoms with E-state index in [1.165, 1.54) is 0 Å². The summed E-state index contributed by atoms with van der Waals surface area (Å²) < 4.78 is 0. The van der Waals surface area contributed by atoms with Gasteiger partial charge >= 0.3 is 0 Å². The van der Waals surface area contributed by atoms with Gasteiger partial charge in [-0.2, -0.15) is 0 Å². The maximum absolute atomic E-state index is 5.85. The zero-order valence-electron chi connectivity index (χ0n) is 6.88.